The lowest BCUT2D eigenvalue weighted by Gasteiger charge is -2.29. The van der Waals surface area contributed by atoms with Gasteiger partial charge in [-0.05, 0) is 37.1 Å². The standard InChI is InChI=1S/C25H26N4O2S/c30-24(11-12-25(31)29-14-15-32-22-9-2-1-8-21(22)29)26-19-7-5-6-18(16-19)20-17-28-13-4-3-10-23(28)27-20/h1-2,5-9,16-17H,3-4,10-15H2,(H,26,30). The molecule has 32 heavy (non-hydrogen) atoms. The number of carbonyl (C=O) groups excluding carboxylic acids is 2. The van der Waals surface area contributed by atoms with Crippen LogP contribution >= 0.6 is 11.8 Å². The van der Waals surface area contributed by atoms with Crippen molar-refractivity contribution in [1.29, 1.82) is 0 Å². The van der Waals surface area contributed by atoms with Crippen LogP contribution in [0.5, 0.6) is 0 Å². The van der Waals surface area contributed by atoms with Crippen molar-refractivity contribution in [2.75, 3.05) is 22.5 Å². The lowest BCUT2D eigenvalue weighted by Crippen LogP contribution is -2.35. The highest BCUT2D eigenvalue weighted by molar-refractivity contribution is 7.99. The number of fused-ring (bicyclic) bond motifs is 2. The molecule has 0 saturated heterocycles. The van der Waals surface area contributed by atoms with Crippen LogP contribution in [0.1, 0.15) is 31.5 Å². The molecule has 3 aromatic rings. The highest BCUT2D eigenvalue weighted by atomic mass is 32.2. The Morgan fingerprint density at radius 3 is 2.84 bits per heavy atom. The minimum absolute atomic E-state index is 0.00904. The molecule has 2 aliphatic heterocycles. The lowest BCUT2D eigenvalue weighted by atomic mass is 10.1. The average Bonchev–Trinajstić information content (AvgIpc) is 3.27. The van der Waals surface area contributed by atoms with Crippen molar-refractivity contribution in [3.05, 3.63) is 60.6 Å². The number of thioether (sulfide) groups is 1. The minimum atomic E-state index is -0.153. The molecule has 2 amide bonds. The first-order valence-corrected chi connectivity index (χ1v) is 12.1. The third kappa shape index (κ3) is 4.43. The van der Waals surface area contributed by atoms with Gasteiger partial charge in [-0.15, -0.1) is 11.8 Å². The zero-order chi connectivity index (χ0) is 21.9. The lowest BCUT2D eigenvalue weighted by molar-refractivity contribution is -0.122. The summed E-state index contributed by atoms with van der Waals surface area (Å²) in [5, 5.41) is 2.94. The van der Waals surface area contributed by atoms with E-state index in [4.69, 9.17) is 4.98 Å². The molecule has 0 saturated carbocycles. The minimum Gasteiger partial charge on any atom is -0.334 e. The molecule has 164 valence electrons. The van der Waals surface area contributed by atoms with Gasteiger partial charge < -0.3 is 14.8 Å². The zero-order valence-corrected chi connectivity index (χ0v) is 18.7. The maximum atomic E-state index is 12.8. The van der Waals surface area contributed by atoms with Gasteiger partial charge in [-0.25, -0.2) is 4.98 Å². The highest BCUT2D eigenvalue weighted by Gasteiger charge is 2.23. The number of hydrogen-bond acceptors (Lipinski definition) is 4. The van der Waals surface area contributed by atoms with Crippen molar-refractivity contribution in [2.45, 2.75) is 43.5 Å². The summed E-state index contributed by atoms with van der Waals surface area (Å²) in [6.45, 7) is 1.70. The second kappa shape index (κ2) is 9.20. The van der Waals surface area contributed by atoms with Crippen molar-refractivity contribution in [3.63, 3.8) is 0 Å². The number of imidazole rings is 1. The molecule has 2 aromatic carbocycles. The zero-order valence-electron chi connectivity index (χ0n) is 17.9. The van der Waals surface area contributed by atoms with Gasteiger partial charge in [-0.2, -0.15) is 0 Å². The van der Waals surface area contributed by atoms with E-state index in [0.29, 0.717) is 6.54 Å². The predicted octanol–water partition coefficient (Wildman–Crippen LogP) is 4.74. The Balaban J connectivity index is 1.20. The fourth-order valence-electron chi connectivity index (χ4n) is 4.32. The van der Waals surface area contributed by atoms with E-state index in [2.05, 4.69) is 16.1 Å². The maximum Gasteiger partial charge on any atom is 0.227 e. The summed E-state index contributed by atoms with van der Waals surface area (Å²) >= 11 is 1.76. The first-order valence-electron chi connectivity index (χ1n) is 11.2. The number of nitrogens with zero attached hydrogens (tertiary/aromatic N) is 3. The number of carbonyl (C=O) groups is 2. The molecule has 6 nitrogen and oxygen atoms in total. The summed E-state index contributed by atoms with van der Waals surface area (Å²) in [5.74, 6) is 1.85. The van der Waals surface area contributed by atoms with Crippen LogP contribution in [0, 0.1) is 0 Å². The smallest absolute Gasteiger partial charge is 0.227 e. The summed E-state index contributed by atoms with van der Waals surface area (Å²) in [4.78, 5) is 33.0. The van der Waals surface area contributed by atoms with E-state index in [9.17, 15) is 9.59 Å². The Bertz CT molecular complexity index is 1130. The number of aryl methyl sites for hydroxylation is 2. The van der Waals surface area contributed by atoms with Crippen molar-refractivity contribution in [2.24, 2.45) is 0 Å². The fourth-order valence-corrected chi connectivity index (χ4v) is 5.31. The number of hydrogen-bond donors (Lipinski definition) is 1. The van der Waals surface area contributed by atoms with Gasteiger partial charge in [0.2, 0.25) is 11.8 Å². The Morgan fingerprint density at radius 2 is 1.94 bits per heavy atom. The quantitative estimate of drug-likeness (QED) is 0.615. The molecule has 7 heteroatoms. The van der Waals surface area contributed by atoms with E-state index in [0.717, 1.165) is 52.1 Å². The highest BCUT2D eigenvalue weighted by Crippen LogP contribution is 2.34. The largest absolute Gasteiger partial charge is 0.334 e. The molecule has 5 rings (SSSR count). The first kappa shape index (κ1) is 20.8. The van der Waals surface area contributed by atoms with E-state index in [1.54, 1.807) is 16.7 Å². The van der Waals surface area contributed by atoms with Crippen LogP contribution in [0.4, 0.5) is 11.4 Å². The van der Waals surface area contributed by atoms with E-state index < -0.39 is 0 Å². The van der Waals surface area contributed by atoms with E-state index in [1.807, 2.05) is 48.5 Å². The van der Waals surface area contributed by atoms with Gasteiger partial charge in [0, 0.05) is 60.4 Å². The maximum absolute atomic E-state index is 12.8. The molecule has 3 heterocycles. The SMILES string of the molecule is O=C(CCC(=O)N1CCSc2ccccc21)Nc1cccc(-c2cn3c(n2)CCCC3)c1. The van der Waals surface area contributed by atoms with Crippen LogP contribution in [-0.4, -0.2) is 33.7 Å². The van der Waals surface area contributed by atoms with Gasteiger partial charge in [-0.3, -0.25) is 9.59 Å². The topological polar surface area (TPSA) is 67.2 Å². The summed E-state index contributed by atoms with van der Waals surface area (Å²) in [6, 6.07) is 15.7. The third-order valence-electron chi connectivity index (χ3n) is 5.95. The van der Waals surface area contributed by atoms with Gasteiger partial charge in [-0.1, -0.05) is 24.3 Å². The van der Waals surface area contributed by atoms with E-state index in [1.165, 1.54) is 12.8 Å². The number of nitrogens with one attached hydrogen (secondary N) is 1. The van der Waals surface area contributed by atoms with Crippen LogP contribution in [0.15, 0.2) is 59.6 Å². The van der Waals surface area contributed by atoms with Crippen molar-refractivity contribution in [1.82, 2.24) is 9.55 Å². The molecular formula is C25H26N4O2S. The Labute approximate surface area is 192 Å². The average molecular weight is 447 g/mol. The number of anilines is 2. The monoisotopic (exact) mass is 446 g/mol. The molecule has 0 unspecified atom stereocenters. The number of rotatable bonds is 5. The first-order chi connectivity index (χ1) is 15.7. The number of aromatic nitrogens is 2. The molecular weight excluding hydrogens is 420 g/mol. The third-order valence-corrected chi connectivity index (χ3v) is 6.99. The van der Waals surface area contributed by atoms with Crippen LogP contribution in [-0.2, 0) is 22.6 Å². The van der Waals surface area contributed by atoms with E-state index >= 15 is 0 Å². The Morgan fingerprint density at radius 1 is 1.03 bits per heavy atom. The van der Waals surface area contributed by atoms with Gasteiger partial charge in [0.25, 0.3) is 0 Å². The van der Waals surface area contributed by atoms with Crippen molar-refractivity contribution in [3.8, 4) is 11.3 Å². The van der Waals surface area contributed by atoms with Crippen LogP contribution in [0.25, 0.3) is 11.3 Å². The number of benzene rings is 2. The number of para-hydroxylation sites is 1. The number of amides is 2. The van der Waals surface area contributed by atoms with Crippen LogP contribution in [0.3, 0.4) is 0 Å². The summed E-state index contributed by atoms with van der Waals surface area (Å²) in [7, 11) is 0. The Kier molecular flexibility index (Phi) is 5.99. The summed E-state index contributed by atoms with van der Waals surface area (Å²) < 4.78 is 2.23. The van der Waals surface area contributed by atoms with Gasteiger partial charge in [0.05, 0.1) is 11.4 Å². The normalized spacial score (nSPS) is 15.1. The molecule has 0 bridgehead atoms. The fraction of sp³-hybridized carbons (Fsp3) is 0.320. The van der Waals surface area contributed by atoms with Gasteiger partial charge in [0.1, 0.15) is 5.82 Å². The molecule has 0 aliphatic carbocycles. The molecule has 0 atom stereocenters. The van der Waals surface area contributed by atoms with E-state index in [-0.39, 0.29) is 24.7 Å². The molecule has 1 N–H and O–H groups in total. The van der Waals surface area contributed by atoms with Crippen molar-refractivity contribution >= 4 is 35.0 Å². The molecule has 1 aromatic heterocycles. The summed E-state index contributed by atoms with van der Waals surface area (Å²) in [6.07, 6.45) is 5.85. The van der Waals surface area contributed by atoms with Crippen molar-refractivity contribution < 1.29 is 9.59 Å². The van der Waals surface area contributed by atoms with Gasteiger partial charge >= 0.3 is 0 Å². The van der Waals surface area contributed by atoms with Crippen LogP contribution in [0.2, 0.25) is 0 Å². The molecule has 0 fully saturated rings. The second-order valence-electron chi connectivity index (χ2n) is 8.18. The van der Waals surface area contributed by atoms with Crippen LogP contribution < -0.4 is 10.2 Å². The predicted molar refractivity (Wildman–Crippen MR) is 128 cm³/mol. The molecule has 0 radical (unpaired) electrons. The Hall–Kier alpha value is -3.06. The molecule has 0 spiro atoms. The summed E-state index contributed by atoms with van der Waals surface area (Å²) in [5.41, 5.74) is 3.60. The second-order valence-corrected chi connectivity index (χ2v) is 9.32. The van der Waals surface area contributed by atoms with Gasteiger partial charge in [0.15, 0.2) is 0 Å². The molecule has 2 aliphatic rings.